The largest absolute Gasteiger partial charge is 0.457 e. The highest BCUT2D eigenvalue weighted by molar-refractivity contribution is 6.09. The Morgan fingerprint density at radius 1 is 0.422 bits per heavy atom. The van der Waals surface area contributed by atoms with Gasteiger partial charge in [0.05, 0.1) is 0 Å². The van der Waals surface area contributed by atoms with Crippen molar-refractivity contribution in [1.82, 2.24) is 0 Å². The fourth-order valence-corrected chi connectivity index (χ4v) is 4.51. The molecule has 0 spiro atoms. The van der Waals surface area contributed by atoms with Gasteiger partial charge >= 0.3 is 0 Å². The van der Waals surface area contributed by atoms with Crippen LogP contribution in [0.15, 0.2) is 152 Å². The molecule has 0 aliphatic carbocycles. The van der Waals surface area contributed by atoms with Gasteiger partial charge in [-0.2, -0.15) is 0 Å². The highest BCUT2D eigenvalue weighted by Gasteiger charge is 2.10. The average Bonchev–Trinajstić information content (AvgIpc) is 3.08. The summed E-state index contributed by atoms with van der Waals surface area (Å²) in [4.78, 5) is 13.2. The summed E-state index contributed by atoms with van der Waals surface area (Å²) < 4.78 is 12.1. The molecular weight excluding hydrogens is 552 g/mol. The summed E-state index contributed by atoms with van der Waals surface area (Å²) in [6.45, 7) is 2.06. The van der Waals surface area contributed by atoms with Crippen molar-refractivity contribution >= 4 is 5.78 Å². The van der Waals surface area contributed by atoms with Crippen LogP contribution in [0.5, 0.6) is 23.0 Å². The van der Waals surface area contributed by atoms with E-state index in [9.17, 15) is 4.79 Å². The zero-order chi connectivity index (χ0) is 30.8. The zero-order valence-corrected chi connectivity index (χ0v) is 24.7. The van der Waals surface area contributed by atoms with Gasteiger partial charge in [-0.3, -0.25) is 4.79 Å². The Labute approximate surface area is 263 Å². The first-order valence-electron chi connectivity index (χ1n) is 14.5. The molecule has 0 atom stereocenters. The smallest absolute Gasteiger partial charge is 0.193 e. The normalized spacial score (nSPS) is 10.1. The highest BCUT2D eigenvalue weighted by atomic mass is 16.5. The van der Waals surface area contributed by atoms with Crippen LogP contribution < -0.4 is 9.47 Å². The molecule has 0 aromatic heterocycles. The highest BCUT2D eigenvalue weighted by Crippen LogP contribution is 2.25. The topological polar surface area (TPSA) is 35.5 Å². The summed E-state index contributed by atoms with van der Waals surface area (Å²) in [5.74, 6) is 15.2. The lowest BCUT2D eigenvalue weighted by Gasteiger charge is -2.08. The standard InChI is InChI=1S/C42H28O3/c1-31-13-15-33(16-14-31)18-20-35-10-6-12-41(30-35)45-39-27-23-37(24-28-39)42(43)36-21-25-38(26-22-36)44-40-11-5-9-34(29-40)19-17-32-7-3-2-4-8-32/h2-16,21-30H,1H3. The molecule has 0 aliphatic heterocycles. The van der Waals surface area contributed by atoms with Gasteiger partial charge in [-0.1, -0.05) is 71.7 Å². The fourth-order valence-electron chi connectivity index (χ4n) is 4.51. The molecule has 0 fully saturated rings. The molecule has 3 heteroatoms. The first-order chi connectivity index (χ1) is 22.1. The Hall–Kier alpha value is -6.29. The van der Waals surface area contributed by atoms with E-state index in [1.165, 1.54) is 5.56 Å². The monoisotopic (exact) mass is 580 g/mol. The summed E-state index contributed by atoms with van der Waals surface area (Å²) in [5, 5.41) is 0. The summed E-state index contributed by atoms with van der Waals surface area (Å²) in [5.41, 5.74) is 5.97. The van der Waals surface area contributed by atoms with E-state index in [0.717, 1.165) is 22.3 Å². The van der Waals surface area contributed by atoms with Gasteiger partial charge in [-0.25, -0.2) is 0 Å². The lowest BCUT2D eigenvalue weighted by Crippen LogP contribution is -2.01. The number of ether oxygens (including phenoxy) is 2. The molecule has 6 rings (SSSR count). The van der Waals surface area contributed by atoms with E-state index in [4.69, 9.17) is 9.47 Å². The molecular formula is C42H28O3. The summed E-state index contributed by atoms with van der Waals surface area (Å²) in [6, 6.07) is 47.5. The summed E-state index contributed by atoms with van der Waals surface area (Å²) >= 11 is 0. The molecule has 0 bridgehead atoms. The second-order valence-electron chi connectivity index (χ2n) is 10.4. The maximum Gasteiger partial charge on any atom is 0.193 e. The van der Waals surface area contributed by atoms with Crippen LogP contribution in [0.2, 0.25) is 0 Å². The zero-order valence-electron chi connectivity index (χ0n) is 24.7. The first kappa shape index (κ1) is 28.8. The third-order valence-electron chi connectivity index (χ3n) is 6.90. The molecule has 0 saturated heterocycles. The second kappa shape index (κ2) is 13.8. The predicted octanol–water partition coefficient (Wildman–Crippen LogP) is 9.61. The van der Waals surface area contributed by atoms with Gasteiger partial charge in [0.1, 0.15) is 23.0 Å². The Balaban J connectivity index is 1.07. The van der Waals surface area contributed by atoms with Crippen molar-refractivity contribution in [2.75, 3.05) is 0 Å². The van der Waals surface area contributed by atoms with E-state index in [0.29, 0.717) is 34.1 Å². The van der Waals surface area contributed by atoms with Crippen molar-refractivity contribution in [2.24, 2.45) is 0 Å². The van der Waals surface area contributed by atoms with Crippen molar-refractivity contribution in [3.63, 3.8) is 0 Å². The third kappa shape index (κ3) is 7.96. The number of carbonyl (C=O) groups excluding carboxylic acids is 1. The van der Waals surface area contributed by atoms with Gasteiger partial charge < -0.3 is 9.47 Å². The summed E-state index contributed by atoms with van der Waals surface area (Å²) in [7, 11) is 0. The first-order valence-corrected chi connectivity index (χ1v) is 14.5. The number of aryl methyl sites for hydroxylation is 1. The molecule has 0 radical (unpaired) electrons. The number of benzene rings is 6. The van der Waals surface area contributed by atoms with Crippen molar-refractivity contribution in [2.45, 2.75) is 6.92 Å². The Bertz CT molecular complexity index is 2050. The minimum atomic E-state index is -0.0836. The van der Waals surface area contributed by atoms with Crippen molar-refractivity contribution in [1.29, 1.82) is 0 Å². The molecule has 214 valence electrons. The third-order valence-corrected chi connectivity index (χ3v) is 6.90. The van der Waals surface area contributed by atoms with Crippen LogP contribution in [0.25, 0.3) is 0 Å². The van der Waals surface area contributed by atoms with Gasteiger partial charge in [-0.05, 0) is 116 Å². The Morgan fingerprint density at radius 3 is 1.33 bits per heavy atom. The summed E-state index contributed by atoms with van der Waals surface area (Å²) in [6.07, 6.45) is 0. The van der Waals surface area contributed by atoms with Gasteiger partial charge in [0.15, 0.2) is 5.78 Å². The number of ketones is 1. The SMILES string of the molecule is Cc1ccc(C#Cc2cccc(Oc3ccc(C(=O)c4ccc(Oc5cccc(C#Cc6ccccc6)c5)cc4)cc3)c2)cc1. The van der Waals surface area contributed by atoms with Gasteiger partial charge in [0.25, 0.3) is 0 Å². The second-order valence-corrected chi connectivity index (χ2v) is 10.4. The lowest BCUT2D eigenvalue weighted by molar-refractivity contribution is 0.103. The van der Waals surface area contributed by atoms with Crippen LogP contribution >= 0.6 is 0 Å². The molecule has 0 N–H and O–H groups in total. The van der Waals surface area contributed by atoms with Crippen molar-refractivity contribution < 1.29 is 14.3 Å². The maximum atomic E-state index is 13.2. The van der Waals surface area contributed by atoms with Crippen LogP contribution in [-0.4, -0.2) is 5.78 Å². The molecule has 0 aliphatic rings. The van der Waals surface area contributed by atoms with Crippen molar-refractivity contribution in [3.05, 3.63) is 191 Å². The molecule has 6 aromatic rings. The molecule has 3 nitrogen and oxygen atoms in total. The molecule has 45 heavy (non-hydrogen) atoms. The lowest BCUT2D eigenvalue weighted by atomic mass is 10.0. The van der Waals surface area contributed by atoms with Gasteiger partial charge in [0, 0.05) is 33.4 Å². The van der Waals surface area contributed by atoms with E-state index in [-0.39, 0.29) is 5.78 Å². The van der Waals surface area contributed by atoms with E-state index >= 15 is 0 Å². The van der Waals surface area contributed by atoms with E-state index in [1.54, 1.807) is 48.5 Å². The fraction of sp³-hybridized carbons (Fsp3) is 0.0238. The maximum absolute atomic E-state index is 13.2. The predicted molar refractivity (Wildman–Crippen MR) is 179 cm³/mol. The number of hydrogen-bond donors (Lipinski definition) is 0. The van der Waals surface area contributed by atoms with E-state index < -0.39 is 0 Å². The van der Waals surface area contributed by atoms with Crippen LogP contribution in [0.1, 0.15) is 43.7 Å². The average molecular weight is 581 g/mol. The van der Waals surface area contributed by atoms with Crippen LogP contribution in [0.4, 0.5) is 0 Å². The Morgan fingerprint density at radius 2 is 0.844 bits per heavy atom. The molecule has 0 saturated carbocycles. The minimum absolute atomic E-state index is 0.0836. The van der Waals surface area contributed by atoms with Gasteiger partial charge in [-0.15, -0.1) is 0 Å². The van der Waals surface area contributed by atoms with E-state index in [1.807, 2.05) is 103 Å². The molecule has 0 amide bonds. The Kier molecular flexibility index (Phi) is 8.83. The quantitative estimate of drug-likeness (QED) is 0.145. The van der Waals surface area contributed by atoms with Crippen LogP contribution in [0.3, 0.4) is 0 Å². The van der Waals surface area contributed by atoms with Gasteiger partial charge in [0.2, 0.25) is 0 Å². The van der Waals surface area contributed by atoms with Crippen LogP contribution in [-0.2, 0) is 0 Å². The number of hydrogen-bond acceptors (Lipinski definition) is 3. The molecule has 6 aromatic carbocycles. The van der Waals surface area contributed by atoms with Crippen LogP contribution in [0, 0.1) is 30.6 Å². The number of carbonyl (C=O) groups is 1. The van der Waals surface area contributed by atoms with E-state index in [2.05, 4.69) is 30.6 Å². The molecule has 0 heterocycles. The minimum Gasteiger partial charge on any atom is -0.457 e. The number of rotatable bonds is 6. The van der Waals surface area contributed by atoms with Crippen molar-refractivity contribution in [3.8, 4) is 46.7 Å². The molecule has 0 unspecified atom stereocenters.